The summed E-state index contributed by atoms with van der Waals surface area (Å²) < 4.78 is 39.4. The van der Waals surface area contributed by atoms with Crippen LogP contribution in [0.3, 0.4) is 0 Å². The van der Waals surface area contributed by atoms with Crippen molar-refractivity contribution >= 4 is 34.6 Å². The Bertz CT molecular complexity index is 1560. The van der Waals surface area contributed by atoms with E-state index in [1.54, 1.807) is 30.3 Å². The van der Waals surface area contributed by atoms with Gasteiger partial charge in [0.1, 0.15) is 11.6 Å². The van der Waals surface area contributed by atoms with Gasteiger partial charge in [-0.1, -0.05) is 18.2 Å². The minimum atomic E-state index is -4.26. The van der Waals surface area contributed by atoms with E-state index in [1.807, 2.05) is 25.1 Å². The average Bonchev–Trinajstić information content (AvgIpc) is 3.47. The highest BCUT2D eigenvalue weighted by molar-refractivity contribution is 6.09. The number of alkyl halides is 3. The number of H-pyrrole nitrogens is 1. The van der Waals surface area contributed by atoms with Crippen molar-refractivity contribution in [2.45, 2.75) is 13.1 Å². The van der Waals surface area contributed by atoms with E-state index < -0.39 is 12.7 Å². The molecule has 0 saturated carbocycles. The number of nitrogens with zero attached hydrogens (tertiary/aromatic N) is 5. The Hall–Kier alpha value is -4.45. The molecule has 3 heterocycles. The molecule has 3 N–H and O–H groups in total. The highest BCUT2D eigenvalue weighted by Crippen LogP contribution is 2.22. The average molecular weight is 538 g/mol. The first-order chi connectivity index (χ1) is 18.6. The van der Waals surface area contributed by atoms with Gasteiger partial charge in [0.15, 0.2) is 5.78 Å². The lowest BCUT2D eigenvalue weighted by atomic mass is 10.1. The van der Waals surface area contributed by atoms with Crippen molar-refractivity contribution in [3.05, 3.63) is 77.3 Å². The number of carbonyl (C=O) groups is 2. The highest BCUT2D eigenvalue weighted by Gasteiger charge is 2.33. The molecule has 0 aliphatic carbocycles. The number of aromatic nitrogens is 4. The van der Waals surface area contributed by atoms with Crippen LogP contribution in [0.4, 0.5) is 19.0 Å². The van der Waals surface area contributed by atoms with Gasteiger partial charge in [-0.15, -0.1) is 0 Å². The molecule has 2 aromatic carbocycles. The number of nitrogens with two attached hydrogens (primary N) is 1. The summed E-state index contributed by atoms with van der Waals surface area (Å²) >= 11 is 0. The monoisotopic (exact) mass is 537 g/mol. The van der Waals surface area contributed by atoms with Crippen LogP contribution in [0.25, 0.3) is 22.8 Å². The van der Waals surface area contributed by atoms with Crippen molar-refractivity contribution in [1.82, 2.24) is 29.5 Å². The van der Waals surface area contributed by atoms with E-state index >= 15 is 0 Å². The molecule has 1 saturated heterocycles. The van der Waals surface area contributed by atoms with Gasteiger partial charge in [0, 0.05) is 31.7 Å². The lowest BCUT2D eigenvalue weighted by molar-refractivity contribution is -0.148. The first-order valence-electron chi connectivity index (χ1n) is 12.3. The van der Waals surface area contributed by atoms with E-state index in [4.69, 9.17) is 5.73 Å². The Morgan fingerprint density at radius 2 is 1.87 bits per heavy atom. The Balaban J connectivity index is 1.25. The van der Waals surface area contributed by atoms with E-state index in [9.17, 15) is 22.8 Å². The fourth-order valence-electron chi connectivity index (χ4n) is 4.59. The van der Waals surface area contributed by atoms with Crippen molar-refractivity contribution in [3.8, 4) is 5.69 Å². The van der Waals surface area contributed by atoms with Crippen LogP contribution < -0.4 is 5.73 Å². The molecule has 0 bridgehead atoms. The van der Waals surface area contributed by atoms with Crippen LogP contribution in [-0.2, 0) is 0 Å². The number of hydrogen-bond acceptors (Lipinski definition) is 6. The maximum Gasteiger partial charge on any atom is 0.401 e. The van der Waals surface area contributed by atoms with Gasteiger partial charge in [-0.05, 0) is 48.9 Å². The predicted octanol–water partition coefficient (Wildman–Crippen LogP) is 3.86. The predicted molar refractivity (Wildman–Crippen MR) is 141 cm³/mol. The summed E-state index contributed by atoms with van der Waals surface area (Å²) in [5, 5.41) is 4.27. The number of piperazine rings is 1. The molecule has 2 aromatic heterocycles. The number of carbonyl (C=O) groups excluding carboxylic acids is 2. The summed E-state index contributed by atoms with van der Waals surface area (Å²) in [7, 11) is 0. The number of nitrogen functional groups attached to an aromatic ring is 1. The fraction of sp³-hybridized carbons (Fsp3) is 0.259. The fourth-order valence-corrected chi connectivity index (χ4v) is 4.59. The van der Waals surface area contributed by atoms with Crippen LogP contribution in [0, 0.1) is 6.92 Å². The third kappa shape index (κ3) is 5.85. The molecule has 0 spiro atoms. The largest absolute Gasteiger partial charge is 0.401 e. The van der Waals surface area contributed by atoms with E-state index in [2.05, 4.69) is 15.1 Å². The lowest BCUT2D eigenvalue weighted by Gasteiger charge is -2.35. The SMILES string of the molecule is Cc1nc2cc(-n3ncc(C(=O)/C=C/c4cccc(C(=O)N5CCN(CC(F)(F)F)CC5)c4)c3N)ccc2[nH]1. The number of hydrogen-bond donors (Lipinski definition) is 2. The zero-order chi connectivity index (χ0) is 27.7. The maximum absolute atomic E-state index is 12.9. The van der Waals surface area contributed by atoms with Crippen LogP contribution in [0.2, 0.25) is 0 Å². The zero-order valence-electron chi connectivity index (χ0n) is 21.1. The number of allylic oxidation sites excluding steroid dienone is 1. The second-order valence-electron chi connectivity index (χ2n) is 9.39. The Morgan fingerprint density at radius 1 is 1.10 bits per heavy atom. The van der Waals surface area contributed by atoms with E-state index in [-0.39, 0.29) is 49.3 Å². The molecule has 1 amide bonds. The number of anilines is 1. The third-order valence-electron chi connectivity index (χ3n) is 6.52. The molecule has 202 valence electrons. The first-order valence-corrected chi connectivity index (χ1v) is 12.3. The number of amides is 1. The second kappa shape index (κ2) is 10.4. The van der Waals surface area contributed by atoms with Gasteiger partial charge in [0.2, 0.25) is 0 Å². The summed E-state index contributed by atoms with van der Waals surface area (Å²) in [4.78, 5) is 36.2. The number of aromatic amines is 1. The van der Waals surface area contributed by atoms with Gasteiger partial charge in [0.25, 0.3) is 5.91 Å². The summed E-state index contributed by atoms with van der Waals surface area (Å²) in [6.45, 7) is 1.62. The van der Waals surface area contributed by atoms with Crippen LogP contribution >= 0.6 is 0 Å². The topological polar surface area (TPSA) is 113 Å². The molecule has 9 nitrogen and oxygen atoms in total. The number of imidazole rings is 1. The molecule has 0 unspecified atom stereocenters. The van der Waals surface area contributed by atoms with Gasteiger partial charge < -0.3 is 15.6 Å². The molecule has 5 rings (SSSR count). The first kappa shape index (κ1) is 26.2. The van der Waals surface area contributed by atoms with E-state index in [0.29, 0.717) is 16.8 Å². The number of halogens is 3. The molecular weight excluding hydrogens is 511 g/mol. The molecular formula is C27H26F3N7O2. The maximum atomic E-state index is 12.9. The minimum absolute atomic E-state index is 0.156. The minimum Gasteiger partial charge on any atom is -0.383 e. The van der Waals surface area contributed by atoms with Gasteiger partial charge in [-0.25, -0.2) is 9.67 Å². The summed E-state index contributed by atoms with van der Waals surface area (Å²) in [5.41, 5.74) is 9.79. The molecule has 4 aromatic rings. The van der Waals surface area contributed by atoms with Crippen molar-refractivity contribution in [1.29, 1.82) is 0 Å². The third-order valence-corrected chi connectivity index (χ3v) is 6.52. The van der Waals surface area contributed by atoms with Gasteiger partial charge in [0.05, 0.1) is 35.0 Å². The van der Waals surface area contributed by atoms with Crippen molar-refractivity contribution in [2.24, 2.45) is 0 Å². The quantitative estimate of drug-likeness (QED) is 0.285. The Morgan fingerprint density at radius 3 is 2.62 bits per heavy atom. The number of benzene rings is 2. The molecule has 0 atom stereocenters. The summed E-state index contributed by atoms with van der Waals surface area (Å²) in [6, 6.07) is 12.2. The van der Waals surface area contributed by atoms with E-state index in [0.717, 1.165) is 16.9 Å². The summed E-state index contributed by atoms with van der Waals surface area (Å²) in [6.07, 6.45) is 0.0781. The van der Waals surface area contributed by atoms with Crippen LogP contribution in [0.5, 0.6) is 0 Å². The number of rotatable bonds is 6. The lowest BCUT2D eigenvalue weighted by Crippen LogP contribution is -2.50. The smallest absolute Gasteiger partial charge is 0.383 e. The molecule has 39 heavy (non-hydrogen) atoms. The van der Waals surface area contributed by atoms with Crippen molar-refractivity contribution in [2.75, 3.05) is 38.5 Å². The van der Waals surface area contributed by atoms with Crippen molar-refractivity contribution < 1.29 is 22.8 Å². The second-order valence-corrected chi connectivity index (χ2v) is 9.39. The van der Waals surface area contributed by atoms with Crippen LogP contribution in [-0.4, -0.2) is 80.1 Å². The zero-order valence-corrected chi connectivity index (χ0v) is 21.1. The van der Waals surface area contributed by atoms with Gasteiger partial charge in [-0.3, -0.25) is 14.5 Å². The van der Waals surface area contributed by atoms with Crippen LogP contribution in [0.1, 0.15) is 32.1 Å². The van der Waals surface area contributed by atoms with Gasteiger partial charge in [-0.2, -0.15) is 18.3 Å². The molecule has 0 radical (unpaired) electrons. The van der Waals surface area contributed by atoms with Crippen LogP contribution in [0.15, 0.2) is 54.7 Å². The molecule has 1 fully saturated rings. The Kier molecular flexibility index (Phi) is 6.96. The standard InChI is InChI=1S/C27H26F3N7O2/c1-17-33-22-7-6-20(14-23(22)34-17)37-25(31)21(15-32-37)24(38)8-5-18-3-2-4-19(13-18)26(39)36-11-9-35(10-12-36)16-27(28,29)30/h2-8,13-15H,9-12,16,31H2,1H3,(H,33,34)/b8-5+. The molecule has 1 aliphatic rings. The number of fused-ring (bicyclic) bond motifs is 1. The summed E-state index contributed by atoms with van der Waals surface area (Å²) in [5.74, 6) is 0.349. The normalized spacial score (nSPS) is 14.9. The number of ketones is 1. The van der Waals surface area contributed by atoms with Gasteiger partial charge >= 0.3 is 6.18 Å². The molecule has 1 aliphatic heterocycles. The Labute approximate surface area is 221 Å². The number of aryl methyl sites for hydroxylation is 1. The number of nitrogens with one attached hydrogen (secondary N) is 1. The van der Waals surface area contributed by atoms with E-state index in [1.165, 1.54) is 26.8 Å². The van der Waals surface area contributed by atoms with Crippen molar-refractivity contribution in [3.63, 3.8) is 0 Å². The highest BCUT2D eigenvalue weighted by atomic mass is 19.4. The molecule has 12 heteroatoms.